The molecule has 1 aromatic carbocycles. The Morgan fingerprint density at radius 2 is 2.09 bits per heavy atom. The largest absolute Gasteiger partial charge is 0.496 e. The lowest BCUT2D eigenvalue weighted by Crippen LogP contribution is -2.51. The zero-order valence-electron chi connectivity index (χ0n) is 20.3. The standard InChI is InChI=1S/C26H35N3O2S/c1-16(2)13-18-14-20-17(15-21(18)31-7)10-11-19-23(25(30)28(6)26(3,4)5)27-24(29(19)20)22-9-8-12-32-22/h8-9,12,14-16,19,24H,10-11,13H2,1-7H3. The molecule has 0 radical (unpaired) electrons. The van der Waals surface area contributed by atoms with Gasteiger partial charge in [-0.2, -0.15) is 0 Å². The molecule has 0 saturated carbocycles. The lowest BCUT2D eigenvalue weighted by molar-refractivity contribution is -0.126. The molecule has 32 heavy (non-hydrogen) atoms. The topological polar surface area (TPSA) is 45.1 Å². The number of thiophene rings is 1. The molecule has 0 fully saturated rings. The summed E-state index contributed by atoms with van der Waals surface area (Å²) >= 11 is 1.70. The van der Waals surface area contributed by atoms with Crippen LogP contribution in [0.25, 0.3) is 0 Å². The quantitative estimate of drug-likeness (QED) is 0.602. The lowest BCUT2D eigenvalue weighted by Gasteiger charge is -2.39. The van der Waals surface area contributed by atoms with E-state index in [2.05, 4.69) is 69.2 Å². The number of benzene rings is 1. The third kappa shape index (κ3) is 4.05. The summed E-state index contributed by atoms with van der Waals surface area (Å²) in [5, 5.41) is 2.09. The van der Waals surface area contributed by atoms with Crippen molar-refractivity contribution in [3.05, 3.63) is 45.6 Å². The van der Waals surface area contributed by atoms with Gasteiger partial charge < -0.3 is 14.5 Å². The Labute approximate surface area is 196 Å². The molecule has 0 bridgehead atoms. The number of methoxy groups -OCH3 is 1. The number of rotatable bonds is 5. The molecule has 5 nitrogen and oxygen atoms in total. The van der Waals surface area contributed by atoms with Crippen LogP contribution in [0, 0.1) is 5.92 Å². The van der Waals surface area contributed by atoms with Crippen LogP contribution >= 0.6 is 11.3 Å². The van der Waals surface area contributed by atoms with Gasteiger partial charge in [-0.05, 0) is 80.7 Å². The second-order valence-corrected chi connectivity index (χ2v) is 11.3. The monoisotopic (exact) mass is 453 g/mol. The summed E-state index contributed by atoms with van der Waals surface area (Å²) in [6.07, 6.45) is 2.59. The summed E-state index contributed by atoms with van der Waals surface area (Å²) < 4.78 is 5.75. The first kappa shape index (κ1) is 22.8. The van der Waals surface area contributed by atoms with Gasteiger partial charge in [0.25, 0.3) is 5.91 Å². The van der Waals surface area contributed by atoms with Crippen LogP contribution < -0.4 is 9.64 Å². The van der Waals surface area contributed by atoms with E-state index in [9.17, 15) is 4.79 Å². The lowest BCUT2D eigenvalue weighted by atomic mass is 9.90. The fourth-order valence-corrected chi connectivity index (χ4v) is 5.41. The van der Waals surface area contributed by atoms with Crippen molar-refractivity contribution in [3.8, 4) is 5.75 Å². The van der Waals surface area contributed by atoms with Gasteiger partial charge in [-0.3, -0.25) is 9.79 Å². The van der Waals surface area contributed by atoms with Gasteiger partial charge in [-0.25, -0.2) is 0 Å². The molecular weight excluding hydrogens is 418 g/mol. The predicted octanol–water partition coefficient (Wildman–Crippen LogP) is 5.49. The highest BCUT2D eigenvalue weighted by Crippen LogP contribution is 2.46. The predicted molar refractivity (Wildman–Crippen MR) is 133 cm³/mol. The molecule has 1 aromatic heterocycles. The van der Waals surface area contributed by atoms with Crippen LogP contribution in [0.15, 0.2) is 34.6 Å². The Hall–Kier alpha value is -2.34. The van der Waals surface area contributed by atoms with Gasteiger partial charge >= 0.3 is 0 Å². The highest BCUT2D eigenvalue weighted by molar-refractivity contribution is 7.10. The van der Waals surface area contributed by atoms with Gasteiger partial charge in [0, 0.05) is 23.2 Å². The fourth-order valence-electron chi connectivity index (χ4n) is 4.65. The molecule has 3 heterocycles. The normalized spacial score (nSPS) is 20.1. The van der Waals surface area contributed by atoms with E-state index in [0.717, 1.165) is 25.0 Å². The molecular formula is C26H35N3O2S. The summed E-state index contributed by atoms with van der Waals surface area (Å²) in [5.74, 6) is 1.53. The fraction of sp³-hybridized carbons (Fsp3) is 0.538. The number of anilines is 1. The van der Waals surface area contributed by atoms with Crippen molar-refractivity contribution >= 4 is 28.6 Å². The minimum Gasteiger partial charge on any atom is -0.496 e. The molecule has 2 aliphatic heterocycles. The van der Waals surface area contributed by atoms with Gasteiger partial charge in [0.15, 0.2) is 6.17 Å². The maximum atomic E-state index is 13.5. The number of nitrogens with zero attached hydrogens (tertiary/aromatic N) is 3. The van der Waals surface area contributed by atoms with Crippen molar-refractivity contribution in [1.82, 2.24) is 4.90 Å². The Balaban J connectivity index is 1.80. The van der Waals surface area contributed by atoms with E-state index in [0.29, 0.717) is 11.6 Å². The van der Waals surface area contributed by atoms with Gasteiger partial charge in [0.1, 0.15) is 11.5 Å². The van der Waals surface area contributed by atoms with E-state index in [1.165, 1.54) is 21.7 Å². The number of carbonyl (C=O) groups excluding carboxylic acids is 1. The molecule has 6 heteroatoms. The maximum absolute atomic E-state index is 13.5. The number of carbonyl (C=O) groups is 1. The van der Waals surface area contributed by atoms with Crippen LogP contribution in [-0.4, -0.2) is 42.3 Å². The smallest absolute Gasteiger partial charge is 0.270 e. The number of hydrogen-bond acceptors (Lipinski definition) is 5. The Kier molecular flexibility index (Phi) is 6.10. The summed E-state index contributed by atoms with van der Waals surface area (Å²) in [7, 11) is 3.64. The number of amides is 1. The van der Waals surface area contributed by atoms with Crippen LogP contribution in [0.5, 0.6) is 5.75 Å². The highest BCUT2D eigenvalue weighted by atomic mass is 32.1. The van der Waals surface area contributed by atoms with Crippen LogP contribution in [0.4, 0.5) is 5.69 Å². The third-order valence-electron chi connectivity index (χ3n) is 6.58. The Morgan fingerprint density at radius 3 is 2.69 bits per heavy atom. The summed E-state index contributed by atoms with van der Waals surface area (Å²) in [5.41, 5.74) is 4.13. The van der Waals surface area contributed by atoms with Crippen molar-refractivity contribution < 1.29 is 9.53 Å². The van der Waals surface area contributed by atoms with E-state index < -0.39 is 0 Å². The Bertz CT molecular complexity index is 1020. The molecule has 1 amide bonds. The molecule has 172 valence electrons. The molecule has 2 aromatic rings. The zero-order valence-corrected chi connectivity index (χ0v) is 21.1. The molecule has 2 aliphatic rings. The number of hydrogen-bond donors (Lipinski definition) is 0. The SMILES string of the molecule is COc1cc2c(cc1CC(C)C)N1C(CC2)C(C(=O)N(C)C(C)(C)C)=NC1c1cccs1. The second-order valence-electron chi connectivity index (χ2n) is 10.3. The summed E-state index contributed by atoms with van der Waals surface area (Å²) in [6.45, 7) is 10.7. The van der Waals surface area contributed by atoms with Crippen LogP contribution in [0.3, 0.4) is 0 Å². The van der Waals surface area contributed by atoms with E-state index in [1.807, 2.05) is 11.9 Å². The zero-order chi connectivity index (χ0) is 23.2. The molecule has 2 atom stereocenters. The van der Waals surface area contributed by atoms with Crippen molar-refractivity contribution in [2.45, 2.75) is 71.6 Å². The van der Waals surface area contributed by atoms with Crippen molar-refractivity contribution in [2.75, 3.05) is 19.1 Å². The molecule has 0 saturated heterocycles. The van der Waals surface area contributed by atoms with Crippen molar-refractivity contribution in [2.24, 2.45) is 10.9 Å². The molecule has 0 N–H and O–H groups in total. The number of ether oxygens (including phenoxy) is 1. The second kappa shape index (κ2) is 8.54. The third-order valence-corrected chi connectivity index (χ3v) is 7.49. The summed E-state index contributed by atoms with van der Waals surface area (Å²) in [4.78, 5) is 24.0. The number of fused-ring (bicyclic) bond motifs is 3. The molecule has 2 unspecified atom stereocenters. The number of aliphatic imine (C=N–C) groups is 1. The van der Waals surface area contributed by atoms with E-state index in [-0.39, 0.29) is 23.7 Å². The first-order valence-electron chi connectivity index (χ1n) is 11.5. The molecule has 4 rings (SSSR count). The first-order valence-corrected chi connectivity index (χ1v) is 12.4. The minimum absolute atomic E-state index is 0.00723. The maximum Gasteiger partial charge on any atom is 0.270 e. The van der Waals surface area contributed by atoms with Gasteiger partial charge in [0.05, 0.1) is 13.2 Å². The minimum atomic E-state index is -0.254. The van der Waals surface area contributed by atoms with Crippen molar-refractivity contribution in [1.29, 1.82) is 0 Å². The molecule has 0 spiro atoms. The highest BCUT2D eigenvalue weighted by Gasteiger charge is 2.45. The van der Waals surface area contributed by atoms with Crippen LogP contribution in [-0.2, 0) is 17.6 Å². The van der Waals surface area contributed by atoms with Gasteiger partial charge in [-0.15, -0.1) is 11.3 Å². The average Bonchev–Trinajstić information content (AvgIpc) is 3.38. The van der Waals surface area contributed by atoms with Gasteiger partial charge in [0.2, 0.25) is 0 Å². The summed E-state index contributed by atoms with van der Waals surface area (Å²) in [6, 6.07) is 8.68. The van der Waals surface area contributed by atoms with Crippen LogP contribution in [0.1, 0.15) is 63.2 Å². The van der Waals surface area contributed by atoms with Crippen LogP contribution in [0.2, 0.25) is 0 Å². The van der Waals surface area contributed by atoms with E-state index >= 15 is 0 Å². The molecule has 0 aliphatic carbocycles. The Morgan fingerprint density at radius 1 is 1.34 bits per heavy atom. The first-order chi connectivity index (χ1) is 15.1. The van der Waals surface area contributed by atoms with Crippen molar-refractivity contribution in [3.63, 3.8) is 0 Å². The number of aryl methyl sites for hydroxylation is 1. The van der Waals surface area contributed by atoms with Gasteiger partial charge in [-0.1, -0.05) is 19.9 Å². The van der Waals surface area contributed by atoms with E-state index in [1.54, 1.807) is 18.4 Å². The van der Waals surface area contributed by atoms with E-state index in [4.69, 9.17) is 9.73 Å². The average molecular weight is 454 g/mol.